The Balaban J connectivity index is 1.35. The number of nitrogens with one attached hydrogen (secondary N) is 1. The second kappa shape index (κ2) is 6.05. The Kier molecular flexibility index (Phi) is 3.88. The number of carbonyl (C=O) groups is 1. The van der Waals surface area contributed by atoms with Gasteiger partial charge in [0.1, 0.15) is 11.6 Å². The number of likely N-dealkylation sites (tertiary alicyclic amines) is 1. The zero-order valence-electron chi connectivity index (χ0n) is 14.1. The Hall–Kier alpha value is -2.15. The van der Waals surface area contributed by atoms with E-state index >= 15 is 0 Å². The standard InChI is InChI=1S/C17H23N5O2/c1-11-8-22(10-16-18-5-6-21(16)2)9-14(11)19-17(23)13-7-15(24-20-13)12-3-4-12/h5-7,11-12,14H,3-4,8-10H2,1-2H3,(H,19,23)/t11-,14+/m0/s1. The van der Waals surface area contributed by atoms with E-state index in [4.69, 9.17) is 4.52 Å². The van der Waals surface area contributed by atoms with E-state index in [1.165, 1.54) is 0 Å². The summed E-state index contributed by atoms with van der Waals surface area (Å²) in [5, 5.41) is 7.03. The molecule has 7 nitrogen and oxygen atoms in total. The first kappa shape index (κ1) is 15.4. The topological polar surface area (TPSA) is 76.2 Å². The molecule has 1 amide bonds. The Morgan fingerprint density at radius 2 is 2.25 bits per heavy atom. The van der Waals surface area contributed by atoms with Gasteiger partial charge in [0.15, 0.2) is 5.69 Å². The molecule has 24 heavy (non-hydrogen) atoms. The van der Waals surface area contributed by atoms with Gasteiger partial charge in [-0.25, -0.2) is 4.98 Å². The first-order valence-corrected chi connectivity index (χ1v) is 8.56. The molecule has 2 aliphatic rings. The molecular formula is C17H23N5O2. The lowest BCUT2D eigenvalue weighted by Crippen LogP contribution is -2.40. The maximum atomic E-state index is 12.4. The summed E-state index contributed by atoms with van der Waals surface area (Å²) in [6, 6.07) is 1.91. The highest BCUT2D eigenvalue weighted by Gasteiger charge is 2.33. The quantitative estimate of drug-likeness (QED) is 0.900. The molecule has 1 aliphatic carbocycles. The summed E-state index contributed by atoms with van der Waals surface area (Å²) in [4.78, 5) is 19.1. The van der Waals surface area contributed by atoms with Crippen molar-refractivity contribution in [2.24, 2.45) is 13.0 Å². The minimum absolute atomic E-state index is 0.124. The van der Waals surface area contributed by atoms with Gasteiger partial charge < -0.3 is 14.4 Å². The summed E-state index contributed by atoms with van der Waals surface area (Å²) in [6.45, 7) is 4.74. The van der Waals surface area contributed by atoms with Gasteiger partial charge in [-0.3, -0.25) is 9.69 Å². The number of aryl methyl sites for hydroxylation is 1. The van der Waals surface area contributed by atoms with Crippen LogP contribution in [0.15, 0.2) is 23.0 Å². The molecule has 7 heteroatoms. The van der Waals surface area contributed by atoms with Gasteiger partial charge in [-0.05, 0) is 18.8 Å². The minimum atomic E-state index is -0.138. The highest BCUT2D eigenvalue weighted by molar-refractivity contribution is 5.92. The van der Waals surface area contributed by atoms with E-state index in [2.05, 4.69) is 27.3 Å². The minimum Gasteiger partial charge on any atom is -0.360 e. The molecule has 1 saturated heterocycles. The normalized spacial score (nSPS) is 24.4. The zero-order chi connectivity index (χ0) is 16.7. The Morgan fingerprint density at radius 1 is 1.42 bits per heavy atom. The van der Waals surface area contributed by atoms with Crippen LogP contribution >= 0.6 is 0 Å². The number of rotatable bonds is 5. The third-order valence-corrected chi connectivity index (χ3v) is 5.03. The van der Waals surface area contributed by atoms with Crippen LogP contribution in [-0.2, 0) is 13.6 Å². The molecule has 0 spiro atoms. The van der Waals surface area contributed by atoms with Crippen molar-refractivity contribution in [3.63, 3.8) is 0 Å². The molecule has 0 unspecified atom stereocenters. The predicted octanol–water partition coefficient (Wildman–Crippen LogP) is 1.54. The second-order valence-electron chi connectivity index (χ2n) is 7.09. The number of hydrogen-bond donors (Lipinski definition) is 1. The van der Waals surface area contributed by atoms with E-state index in [0.717, 1.165) is 44.1 Å². The van der Waals surface area contributed by atoms with E-state index in [1.807, 2.05) is 24.0 Å². The van der Waals surface area contributed by atoms with E-state index < -0.39 is 0 Å². The first-order valence-electron chi connectivity index (χ1n) is 8.56. The smallest absolute Gasteiger partial charge is 0.273 e. The Bertz CT molecular complexity index is 733. The number of amides is 1. The van der Waals surface area contributed by atoms with Crippen molar-refractivity contribution in [3.8, 4) is 0 Å². The molecule has 1 aliphatic heterocycles. The Labute approximate surface area is 141 Å². The van der Waals surface area contributed by atoms with Crippen LogP contribution in [0.1, 0.15) is 47.8 Å². The average molecular weight is 329 g/mol. The van der Waals surface area contributed by atoms with Crippen LogP contribution in [0, 0.1) is 5.92 Å². The maximum absolute atomic E-state index is 12.4. The van der Waals surface area contributed by atoms with Crippen LogP contribution < -0.4 is 5.32 Å². The van der Waals surface area contributed by atoms with Crippen molar-refractivity contribution >= 4 is 5.91 Å². The van der Waals surface area contributed by atoms with E-state index in [1.54, 1.807) is 6.07 Å². The fourth-order valence-corrected chi connectivity index (χ4v) is 3.33. The molecule has 0 radical (unpaired) electrons. The lowest BCUT2D eigenvalue weighted by Gasteiger charge is -2.16. The van der Waals surface area contributed by atoms with Crippen molar-refractivity contribution in [3.05, 3.63) is 35.7 Å². The van der Waals surface area contributed by atoms with Gasteiger partial charge in [0.25, 0.3) is 5.91 Å². The van der Waals surface area contributed by atoms with E-state index in [0.29, 0.717) is 17.5 Å². The maximum Gasteiger partial charge on any atom is 0.273 e. The van der Waals surface area contributed by atoms with Gasteiger partial charge in [-0.15, -0.1) is 0 Å². The van der Waals surface area contributed by atoms with Crippen molar-refractivity contribution < 1.29 is 9.32 Å². The molecule has 2 aromatic rings. The van der Waals surface area contributed by atoms with Crippen molar-refractivity contribution in [2.75, 3.05) is 13.1 Å². The highest BCUT2D eigenvalue weighted by atomic mass is 16.5. The Morgan fingerprint density at radius 3 is 2.96 bits per heavy atom. The predicted molar refractivity (Wildman–Crippen MR) is 87.4 cm³/mol. The fraction of sp³-hybridized carbons (Fsp3) is 0.588. The molecule has 1 saturated carbocycles. The van der Waals surface area contributed by atoms with Crippen LogP contribution in [0.3, 0.4) is 0 Å². The molecule has 128 valence electrons. The van der Waals surface area contributed by atoms with Crippen LogP contribution in [0.25, 0.3) is 0 Å². The number of imidazole rings is 1. The molecule has 2 atom stereocenters. The lowest BCUT2D eigenvalue weighted by atomic mass is 10.1. The third kappa shape index (κ3) is 3.08. The van der Waals surface area contributed by atoms with Gasteiger partial charge in [-0.1, -0.05) is 12.1 Å². The second-order valence-corrected chi connectivity index (χ2v) is 7.09. The third-order valence-electron chi connectivity index (χ3n) is 5.03. The molecule has 0 aromatic carbocycles. The van der Waals surface area contributed by atoms with Crippen LogP contribution in [0.4, 0.5) is 0 Å². The van der Waals surface area contributed by atoms with Crippen molar-refractivity contribution in [1.82, 2.24) is 24.9 Å². The molecule has 1 N–H and O–H groups in total. The number of hydrogen-bond acceptors (Lipinski definition) is 5. The summed E-state index contributed by atoms with van der Waals surface area (Å²) in [5.41, 5.74) is 0.395. The molecule has 4 rings (SSSR count). The number of carbonyl (C=O) groups excluding carboxylic acids is 1. The number of nitrogens with zero attached hydrogens (tertiary/aromatic N) is 4. The van der Waals surface area contributed by atoms with Gasteiger partial charge in [0, 0.05) is 50.6 Å². The molecule has 3 heterocycles. The van der Waals surface area contributed by atoms with Crippen LogP contribution in [0.2, 0.25) is 0 Å². The average Bonchev–Trinajstić information content (AvgIpc) is 2.98. The molecule has 2 fully saturated rings. The summed E-state index contributed by atoms with van der Waals surface area (Å²) in [6.07, 6.45) is 6.04. The summed E-state index contributed by atoms with van der Waals surface area (Å²) in [5.74, 6) is 2.61. The van der Waals surface area contributed by atoms with E-state index in [9.17, 15) is 4.79 Å². The molecule has 2 aromatic heterocycles. The fourth-order valence-electron chi connectivity index (χ4n) is 3.33. The zero-order valence-corrected chi connectivity index (χ0v) is 14.1. The van der Waals surface area contributed by atoms with E-state index in [-0.39, 0.29) is 11.9 Å². The summed E-state index contributed by atoms with van der Waals surface area (Å²) < 4.78 is 7.31. The van der Waals surface area contributed by atoms with Gasteiger partial charge in [0.05, 0.1) is 6.54 Å². The van der Waals surface area contributed by atoms with Gasteiger partial charge in [-0.2, -0.15) is 0 Å². The largest absolute Gasteiger partial charge is 0.360 e. The van der Waals surface area contributed by atoms with Crippen LogP contribution in [-0.4, -0.2) is 44.6 Å². The first-order chi connectivity index (χ1) is 11.6. The monoisotopic (exact) mass is 329 g/mol. The number of aromatic nitrogens is 3. The van der Waals surface area contributed by atoms with Crippen LogP contribution in [0.5, 0.6) is 0 Å². The van der Waals surface area contributed by atoms with Gasteiger partial charge in [0.2, 0.25) is 0 Å². The SMILES string of the molecule is C[C@H]1CN(Cc2nccn2C)C[C@H]1NC(=O)c1cc(C2CC2)on1. The lowest BCUT2D eigenvalue weighted by molar-refractivity contribution is 0.0922. The highest BCUT2D eigenvalue weighted by Crippen LogP contribution is 2.40. The van der Waals surface area contributed by atoms with Crippen molar-refractivity contribution in [2.45, 2.75) is 38.3 Å². The summed E-state index contributed by atoms with van der Waals surface area (Å²) in [7, 11) is 2.00. The van der Waals surface area contributed by atoms with Crippen molar-refractivity contribution in [1.29, 1.82) is 0 Å². The molecule has 0 bridgehead atoms. The van der Waals surface area contributed by atoms with Gasteiger partial charge >= 0.3 is 0 Å². The summed E-state index contributed by atoms with van der Waals surface area (Å²) >= 11 is 0. The molecular weight excluding hydrogens is 306 g/mol.